The highest BCUT2D eigenvalue weighted by atomic mass is 35.5. The maximum absolute atomic E-state index is 12.2. The van der Waals surface area contributed by atoms with Crippen molar-refractivity contribution < 1.29 is 19.5 Å². The Morgan fingerprint density at radius 2 is 0.911 bits per heavy atom. The van der Waals surface area contributed by atoms with Crippen molar-refractivity contribution in [2.75, 3.05) is 0 Å². The fourth-order valence-electron chi connectivity index (χ4n) is 5.60. The zero-order chi connectivity index (χ0) is 39.7. The van der Waals surface area contributed by atoms with Gasteiger partial charge in [-0.15, -0.1) is 14.5 Å². The Morgan fingerprint density at radius 3 is 1.34 bits per heavy atom. The molecule has 6 aromatic carbocycles. The van der Waals surface area contributed by atoms with Crippen LogP contribution in [-0.2, 0) is 0 Å². The van der Waals surface area contributed by atoms with Crippen molar-refractivity contribution in [2.45, 2.75) is 13.8 Å². The summed E-state index contributed by atoms with van der Waals surface area (Å²) in [6.07, 6.45) is 0. The van der Waals surface area contributed by atoms with Crippen molar-refractivity contribution in [2.24, 2.45) is 0 Å². The second kappa shape index (κ2) is 15.5. The van der Waals surface area contributed by atoms with Gasteiger partial charge in [-0.05, 0) is 124 Å². The first-order chi connectivity index (χ1) is 26.9. The molecule has 0 N–H and O–H groups in total. The largest absolute Gasteiger partial charge is 0.692 e. The van der Waals surface area contributed by atoms with Crippen LogP contribution >= 0.6 is 34.8 Å². The van der Waals surface area contributed by atoms with Crippen LogP contribution in [0.15, 0.2) is 127 Å². The van der Waals surface area contributed by atoms with Crippen molar-refractivity contribution in [3.8, 4) is 17.1 Å². The lowest BCUT2D eigenvalue weighted by atomic mass is 10.2. The molecule has 56 heavy (non-hydrogen) atoms. The molecule has 280 valence electrons. The van der Waals surface area contributed by atoms with E-state index in [1.807, 2.05) is 50.2 Å². The molecule has 9 aromatic rings. The number of aromatic nitrogens is 9. The number of nitrogens with zero attached hydrogens (tertiary/aromatic N) is 10. The van der Waals surface area contributed by atoms with Gasteiger partial charge in [0.1, 0.15) is 17.1 Å². The summed E-state index contributed by atoms with van der Waals surface area (Å²) in [7, 11) is 0. The van der Waals surface area contributed by atoms with Crippen LogP contribution < -0.4 is 14.5 Å². The average molecular weight is 810 g/mol. The molecule has 0 amide bonds. The lowest BCUT2D eigenvalue weighted by Gasteiger charge is -2.03. The van der Waals surface area contributed by atoms with Gasteiger partial charge in [-0.3, -0.25) is 10.1 Å². The number of nitro benzene ring substituents is 1. The number of nitro groups is 1. The first kappa shape index (κ1) is 37.5. The molecule has 18 heteroatoms. The highest BCUT2D eigenvalue weighted by Crippen LogP contribution is 2.20. The van der Waals surface area contributed by atoms with E-state index in [9.17, 15) is 25.7 Å². The van der Waals surface area contributed by atoms with Crippen LogP contribution in [0.1, 0.15) is 11.1 Å². The molecule has 0 atom stereocenters. The lowest BCUT2D eigenvalue weighted by molar-refractivity contribution is -0.664. The molecule has 0 aliphatic carbocycles. The predicted molar refractivity (Wildman–Crippen MR) is 211 cm³/mol. The quantitative estimate of drug-likeness (QED) is 0.0761. The van der Waals surface area contributed by atoms with Gasteiger partial charge in [-0.25, -0.2) is 0 Å². The lowest BCUT2D eigenvalue weighted by Crippen LogP contribution is -2.37. The molecule has 3 aromatic heterocycles. The molecule has 0 bridgehead atoms. The summed E-state index contributed by atoms with van der Waals surface area (Å²) in [5, 5.41) is 61.5. The minimum atomic E-state index is -0.559. The van der Waals surface area contributed by atoms with Gasteiger partial charge in [-0.2, -0.15) is 0 Å². The first-order valence-electron chi connectivity index (χ1n) is 16.6. The fourth-order valence-corrected chi connectivity index (χ4v) is 6.10. The van der Waals surface area contributed by atoms with Crippen LogP contribution in [0.4, 0.5) is 5.69 Å². The van der Waals surface area contributed by atoms with Crippen LogP contribution in [-0.4, -0.2) is 34.6 Å². The zero-order valence-corrected chi connectivity index (χ0v) is 31.5. The number of hydrogen-bond acceptors (Lipinski definition) is 8. The van der Waals surface area contributed by atoms with Crippen LogP contribution in [0.3, 0.4) is 0 Å². The third-order valence-electron chi connectivity index (χ3n) is 8.31. The van der Waals surface area contributed by atoms with Gasteiger partial charge in [0.25, 0.3) is 11.2 Å². The van der Waals surface area contributed by atoms with E-state index in [2.05, 4.69) is 15.3 Å². The highest BCUT2D eigenvalue weighted by Gasteiger charge is 2.20. The standard InChI is InChI=1S/2C13H10ClN3O.C12H7ClN4O3/c1-9-2-7-12-13(8-9)17(18)16(15-12)11-5-3-10(14)4-6-11;1-9-5-6-12-13(7-9)17(18)16(15-12)11-4-2-3-10(14)8-11;13-8-2-1-3-9(6-8)15-14-11-5-4-10(17(19)20)7-12(11)16(15)18/h2*2-8H,1H3;1-7H. The van der Waals surface area contributed by atoms with E-state index >= 15 is 0 Å². The summed E-state index contributed by atoms with van der Waals surface area (Å²) < 4.78 is 0. The van der Waals surface area contributed by atoms with Crippen molar-refractivity contribution >= 4 is 73.6 Å². The Hall–Kier alpha value is -6.81. The van der Waals surface area contributed by atoms with E-state index in [-0.39, 0.29) is 11.2 Å². The molecule has 3 heterocycles. The van der Waals surface area contributed by atoms with Crippen molar-refractivity contribution in [1.29, 1.82) is 0 Å². The zero-order valence-electron chi connectivity index (χ0n) is 29.3. The van der Waals surface area contributed by atoms with E-state index < -0.39 is 4.92 Å². The summed E-state index contributed by atoms with van der Waals surface area (Å²) in [6.45, 7) is 3.88. The van der Waals surface area contributed by atoms with Crippen molar-refractivity contribution in [3.05, 3.63) is 179 Å². The molecule has 9 rings (SSSR count). The van der Waals surface area contributed by atoms with Gasteiger partial charge in [-0.1, -0.05) is 59.1 Å². The maximum atomic E-state index is 12.2. The van der Waals surface area contributed by atoms with E-state index in [4.69, 9.17) is 34.8 Å². The van der Waals surface area contributed by atoms with Gasteiger partial charge < -0.3 is 15.6 Å². The monoisotopic (exact) mass is 808 g/mol. The minimum absolute atomic E-state index is 0.124. The van der Waals surface area contributed by atoms with E-state index in [0.29, 0.717) is 64.6 Å². The van der Waals surface area contributed by atoms with E-state index in [0.717, 1.165) is 25.6 Å². The molecular formula is C38H27Cl3N10O5. The first-order valence-corrected chi connectivity index (χ1v) is 17.7. The van der Waals surface area contributed by atoms with Crippen LogP contribution in [0.5, 0.6) is 0 Å². The molecule has 0 saturated heterocycles. The van der Waals surface area contributed by atoms with Gasteiger partial charge in [0.15, 0.2) is 0 Å². The van der Waals surface area contributed by atoms with Crippen LogP contribution in [0.25, 0.3) is 50.2 Å². The molecule has 0 aliphatic rings. The Bertz CT molecular complexity index is 2910. The Morgan fingerprint density at radius 1 is 0.500 bits per heavy atom. The number of non-ortho nitro benzene ring substituents is 1. The molecule has 0 spiro atoms. The maximum Gasteiger partial charge on any atom is 0.274 e. The Kier molecular flexibility index (Phi) is 10.4. The molecule has 0 unspecified atom stereocenters. The summed E-state index contributed by atoms with van der Waals surface area (Å²) in [5.74, 6) is 0. The summed E-state index contributed by atoms with van der Waals surface area (Å²) in [5.41, 5.74) is 6.64. The molecule has 0 fully saturated rings. The second-order valence-electron chi connectivity index (χ2n) is 12.3. The fraction of sp³-hybridized carbons (Fsp3) is 0.0526. The number of fused-ring (bicyclic) bond motifs is 3. The Balaban J connectivity index is 0.000000129. The van der Waals surface area contributed by atoms with Gasteiger partial charge in [0.05, 0.1) is 26.3 Å². The van der Waals surface area contributed by atoms with Crippen molar-refractivity contribution in [1.82, 2.24) is 29.7 Å². The van der Waals surface area contributed by atoms with Gasteiger partial charge in [0, 0.05) is 27.2 Å². The van der Waals surface area contributed by atoms with E-state index in [1.165, 1.54) is 27.8 Å². The van der Waals surface area contributed by atoms with Crippen LogP contribution in [0, 0.1) is 39.6 Å². The number of hydrogen-bond donors (Lipinski definition) is 0. The van der Waals surface area contributed by atoms with Gasteiger partial charge >= 0.3 is 0 Å². The van der Waals surface area contributed by atoms with Crippen molar-refractivity contribution in [3.63, 3.8) is 0 Å². The average Bonchev–Trinajstić information content (AvgIpc) is 3.82. The minimum Gasteiger partial charge on any atom is -0.692 e. The highest BCUT2D eigenvalue weighted by molar-refractivity contribution is 6.31. The smallest absolute Gasteiger partial charge is 0.274 e. The molecule has 0 aliphatic heterocycles. The number of benzene rings is 6. The third kappa shape index (κ3) is 7.72. The summed E-state index contributed by atoms with van der Waals surface area (Å²) in [6, 6.07) is 35.7. The van der Waals surface area contributed by atoms with Gasteiger partial charge in [0.2, 0.25) is 27.6 Å². The SMILES string of the molecule is Cc1ccc2nn(-c3ccc(Cl)cc3)[n+]([O-])c2c1.Cc1ccc2nn(-c3cccc(Cl)c3)[n+]([O-])c2c1.O=[N+]([O-])c1ccc2nn(-c3cccc(Cl)c3)[n+]([O-])c2c1. The third-order valence-corrected chi connectivity index (χ3v) is 9.03. The van der Waals surface area contributed by atoms with E-state index in [1.54, 1.807) is 72.8 Å². The number of rotatable bonds is 4. The predicted octanol–water partition coefficient (Wildman–Crippen LogP) is 7.46. The summed E-state index contributed by atoms with van der Waals surface area (Å²) >= 11 is 17.6. The summed E-state index contributed by atoms with van der Waals surface area (Å²) in [4.78, 5) is 15.9. The molecule has 0 saturated carbocycles. The molecule has 0 radical (unpaired) electrons. The Labute approximate surface area is 331 Å². The topological polar surface area (TPSA) is 177 Å². The second-order valence-corrected chi connectivity index (χ2v) is 13.6. The van der Waals surface area contributed by atoms with Crippen LogP contribution in [0.2, 0.25) is 15.1 Å². The molecule has 15 nitrogen and oxygen atoms in total. The molecular weight excluding hydrogens is 783 g/mol. The number of halogens is 3. The normalized spacial score (nSPS) is 10.9. The number of aryl methyl sites for hydroxylation is 2.